The molecule has 16 N–H and O–H groups in total. The Kier molecular flexibility index (Phi) is 33.9. The first kappa shape index (κ1) is 85.2. The van der Waals surface area contributed by atoms with Gasteiger partial charge in [0.1, 0.15) is 29.4 Å². The molecule has 2 heterocycles. The summed E-state index contributed by atoms with van der Waals surface area (Å²) in [6.45, 7) is 15.3. The number of aromatic amines is 2. The van der Waals surface area contributed by atoms with Gasteiger partial charge in [-0.1, -0.05) is 105 Å². The summed E-state index contributed by atoms with van der Waals surface area (Å²) >= 11 is 0. The summed E-state index contributed by atoms with van der Waals surface area (Å²) in [5.74, 6) is -15.9. The van der Waals surface area contributed by atoms with E-state index in [2.05, 4.69) is 51.8 Å². The molecule has 0 radical (unpaired) electrons. The van der Waals surface area contributed by atoms with E-state index in [1.54, 1.807) is 46.8 Å². The van der Waals surface area contributed by atoms with Crippen LogP contribution in [0.2, 0.25) is 0 Å². The number of phenols is 3. The molecule has 0 fully saturated rings. The van der Waals surface area contributed by atoms with Crippen molar-refractivity contribution in [3.8, 4) is 17.2 Å². The van der Waals surface area contributed by atoms with Gasteiger partial charge >= 0.3 is 0 Å². The predicted molar refractivity (Wildman–Crippen MR) is 386 cm³/mol. The minimum absolute atomic E-state index is 0.00921. The first-order valence-electron chi connectivity index (χ1n) is 35.6. The van der Waals surface area contributed by atoms with Crippen LogP contribution in [0.4, 0.5) is 0 Å². The van der Waals surface area contributed by atoms with Crippen LogP contribution in [-0.2, 0) is 94.4 Å². The maximum absolute atomic E-state index is 14.7. The average molecular weight is 1460 g/mol. The van der Waals surface area contributed by atoms with Gasteiger partial charge in [0.25, 0.3) is 0 Å². The van der Waals surface area contributed by atoms with Crippen LogP contribution in [0, 0.1) is 47.3 Å². The molecule has 0 saturated heterocycles. The number of hydrogen-bond donors (Lipinski definition) is 14. The summed E-state index contributed by atoms with van der Waals surface area (Å²) in [5.41, 5.74) is 13.9. The summed E-state index contributed by atoms with van der Waals surface area (Å²) < 4.78 is 0. The summed E-state index contributed by atoms with van der Waals surface area (Å²) in [4.78, 5) is 195. The largest absolute Gasteiger partial charge is 0.508 e. The van der Waals surface area contributed by atoms with Crippen LogP contribution in [0.3, 0.4) is 0 Å². The van der Waals surface area contributed by atoms with Gasteiger partial charge in [-0.15, -0.1) is 0 Å². The smallest absolute Gasteiger partial charge is 0.249 e. The second-order valence-corrected chi connectivity index (χ2v) is 28.2. The van der Waals surface area contributed by atoms with Gasteiger partial charge < -0.3 is 73.8 Å². The van der Waals surface area contributed by atoms with E-state index < -0.39 is 205 Å². The lowest BCUT2D eigenvalue weighted by Gasteiger charge is -2.28. The van der Waals surface area contributed by atoms with E-state index in [9.17, 15) is 82.8 Å². The van der Waals surface area contributed by atoms with Crippen molar-refractivity contribution in [2.75, 3.05) is 0 Å². The zero-order valence-electron chi connectivity index (χ0n) is 61.1. The standard InChI is InChI=1S/C76H104N12O17/c1-10-43(7)69(65(96)33-51(30-52-37-79-39-81-52)73(102)86-60(71(78)100)34-53-38-80-40-82-53)87-74(103)49(27-46-12-18-54(89)19-13-46)31-62(93)58(26-41(3)4)84-68(99)25-24-61(92)45(9)83-75(104)57(42(5)6)35-63(94)59(36-67(77)98)85-72(101)50(28-47-14-20-55(90)21-15-47)32-64(95)70(44(8)11-2)88-76(105)66(97)29-48-16-22-56(91)23-17-48/h12-23,37-45,49-51,57-60,66,69-70,89-91,97H,10-11,24-36H2,1-9H3,(H2,77,98)(H2,78,100)(H,79,81)(H,80,82)(H,83,104)(H,84,99)(H,85,101)(H,86,102)(H,87,103)(H,88,105)/t43-,44-,45+,49-,50-,51-,57+,58+,59+,60+,66+,69+,70+/m0/s1. The van der Waals surface area contributed by atoms with Crippen molar-refractivity contribution in [1.29, 1.82) is 0 Å². The molecule has 105 heavy (non-hydrogen) atoms. The van der Waals surface area contributed by atoms with Gasteiger partial charge in [-0.05, 0) is 103 Å². The first-order valence-corrected chi connectivity index (χ1v) is 35.6. The molecule has 0 aliphatic carbocycles. The summed E-state index contributed by atoms with van der Waals surface area (Å²) in [7, 11) is 0. The number of carbonyl (C=O) groups excluding carboxylic acids is 13. The summed E-state index contributed by atoms with van der Waals surface area (Å²) in [6, 6.07) is 10.1. The number of aromatic nitrogens is 4. The highest BCUT2D eigenvalue weighted by Gasteiger charge is 2.39. The molecule has 2 aromatic heterocycles. The molecule has 3 aromatic carbocycles. The summed E-state index contributed by atoms with van der Waals surface area (Å²) in [5, 5.41) is 56.8. The Morgan fingerprint density at radius 2 is 0.857 bits per heavy atom. The number of imidazole rings is 2. The second-order valence-electron chi connectivity index (χ2n) is 28.2. The Balaban J connectivity index is 1.26. The minimum Gasteiger partial charge on any atom is -0.508 e. The topological polar surface area (TPSA) is 484 Å². The van der Waals surface area contributed by atoms with Crippen molar-refractivity contribution < 1.29 is 82.8 Å². The number of ketones is 5. The molecule has 0 bridgehead atoms. The third-order valence-electron chi connectivity index (χ3n) is 18.9. The van der Waals surface area contributed by atoms with Crippen LogP contribution in [-0.4, -0.2) is 159 Å². The lowest BCUT2D eigenvalue weighted by atomic mass is 9.85. The van der Waals surface area contributed by atoms with Crippen LogP contribution in [0.1, 0.15) is 155 Å². The van der Waals surface area contributed by atoms with Gasteiger partial charge in [0.15, 0.2) is 28.9 Å². The Bertz CT molecular complexity index is 3730. The Hall–Kier alpha value is -10.4. The van der Waals surface area contributed by atoms with E-state index in [-0.39, 0.29) is 61.7 Å². The molecule has 0 aliphatic heterocycles. The van der Waals surface area contributed by atoms with Gasteiger partial charge in [0, 0.05) is 99.3 Å². The van der Waals surface area contributed by atoms with Crippen molar-refractivity contribution in [3.05, 3.63) is 126 Å². The molecule has 0 aliphatic rings. The number of hydrogen-bond acceptors (Lipinski definition) is 19. The number of rotatable bonds is 47. The van der Waals surface area contributed by atoms with Gasteiger partial charge in [0.2, 0.25) is 47.3 Å². The van der Waals surface area contributed by atoms with Crippen molar-refractivity contribution in [2.24, 2.45) is 58.8 Å². The number of benzene rings is 3. The van der Waals surface area contributed by atoms with Crippen LogP contribution in [0.15, 0.2) is 97.8 Å². The number of nitrogens with two attached hydrogens (primary N) is 2. The van der Waals surface area contributed by atoms with Crippen molar-refractivity contribution in [2.45, 2.75) is 201 Å². The monoisotopic (exact) mass is 1460 g/mol. The lowest BCUT2D eigenvalue weighted by Crippen LogP contribution is -2.51. The van der Waals surface area contributed by atoms with Crippen molar-refractivity contribution in [3.63, 3.8) is 0 Å². The number of aliphatic hydroxyl groups is 1. The van der Waals surface area contributed by atoms with Crippen molar-refractivity contribution in [1.82, 2.24) is 51.8 Å². The number of aromatic hydroxyl groups is 3. The van der Waals surface area contributed by atoms with Gasteiger partial charge in [-0.2, -0.15) is 0 Å². The maximum atomic E-state index is 14.7. The quantitative estimate of drug-likeness (QED) is 0.0263. The number of nitrogens with one attached hydrogen (secondary N) is 8. The highest BCUT2D eigenvalue weighted by atomic mass is 16.3. The predicted octanol–water partition coefficient (Wildman–Crippen LogP) is 3.86. The lowest BCUT2D eigenvalue weighted by molar-refractivity contribution is -0.137. The van der Waals surface area contributed by atoms with Gasteiger partial charge in [-0.3, -0.25) is 62.3 Å². The van der Waals surface area contributed by atoms with E-state index >= 15 is 0 Å². The Labute approximate surface area is 611 Å². The summed E-state index contributed by atoms with van der Waals surface area (Å²) in [6.07, 6.45) is 1.25. The number of carbonyl (C=O) groups is 13. The van der Waals surface area contributed by atoms with E-state index in [0.29, 0.717) is 40.9 Å². The van der Waals surface area contributed by atoms with Gasteiger partial charge in [-0.25, -0.2) is 9.97 Å². The Morgan fingerprint density at radius 1 is 0.438 bits per heavy atom. The zero-order chi connectivity index (χ0) is 77.8. The average Bonchev–Trinajstić information content (AvgIpc) is 1.48. The number of H-pyrrole nitrogens is 2. The molecule has 29 heteroatoms. The Morgan fingerprint density at radius 3 is 1.29 bits per heavy atom. The van der Waals surface area contributed by atoms with Crippen LogP contribution in [0.5, 0.6) is 17.2 Å². The molecule has 29 nitrogen and oxygen atoms in total. The van der Waals surface area contributed by atoms with E-state index in [1.807, 2.05) is 20.8 Å². The van der Waals surface area contributed by atoms with Crippen LogP contribution < -0.4 is 43.4 Å². The number of Topliss-reactive ketones (excluding diaryl/α,β-unsaturated/α-hetero) is 5. The molecule has 13 atom stereocenters. The highest BCUT2D eigenvalue weighted by Crippen LogP contribution is 2.26. The number of aliphatic hydroxyl groups excluding tert-OH is 1. The number of primary amides is 2. The molecule has 570 valence electrons. The van der Waals surface area contributed by atoms with Crippen LogP contribution >= 0.6 is 0 Å². The molecule has 8 amide bonds. The number of phenolic OH excluding ortho intramolecular Hbond substituents is 3. The molecule has 0 saturated carbocycles. The fourth-order valence-electron chi connectivity index (χ4n) is 12.1. The number of nitrogens with zero attached hydrogens (tertiary/aromatic N) is 2. The minimum atomic E-state index is -1.61. The molecular formula is C76H104N12O17. The number of amides is 8. The molecule has 0 unspecified atom stereocenters. The fraction of sp³-hybridized carbons (Fsp3) is 0.513. The molecule has 5 rings (SSSR count). The molecular weight excluding hydrogens is 1350 g/mol. The second kappa shape index (κ2) is 41.7. The van der Waals surface area contributed by atoms with Gasteiger partial charge in [0.05, 0.1) is 55.2 Å². The first-order chi connectivity index (χ1) is 49.6. The van der Waals surface area contributed by atoms with Crippen LogP contribution in [0.25, 0.3) is 0 Å². The molecule has 5 aromatic rings. The van der Waals surface area contributed by atoms with Crippen molar-refractivity contribution >= 4 is 76.2 Å². The van der Waals surface area contributed by atoms with E-state index in [4.69, 9.17) is 11.5 Å². The maximum Gasteiger partial charge on any atom is 0.249 e. The van der Waals surface area contributed by atoms with E-state index in [1.165, 1.54) is 92.6 Å². The fourth-order valence-corrected chi connectivity index (χ4v) is 12.1. The third-order valence-corrected chi connectivity index (χ3v) is 18.9. The highest BCUT2D eigenvalue weighted by molar-refractivity contribution is 6.00. The SMILES string of the molecule is CC[C@H](C)[C@@H](NC(=O)[C@H](CC(=O)[C@@H](CC(C)C)NC(=O)CCC(=O)[C@@H](C)NC(=O)[C@H](CC(=O)[C@@H](CC(N)=O)NC(=O)[C@H](CC(=O)[C@H](NC(=O)[C@H](O)Cc1ccc(O)cc1)[C@@H](C)CC)Cc1ccc(O)cc1)C(C)C)Cc1ccc(O)cc1)C(=O)C[C@H](Cc1cnc[nH]1)C(=O)N[C@H](Cc1cnc[nH]1)C(N)=O. The zero-order valence-corrected chi connectivity index (χ0v) is 61.1. The third kappa shape index (κ3) is 28.3. The van der Waals surface area contributed by atoms with E-state index in [0.717, 1.165) is 0 Å². The molecule has 0 spiro atoms. The normalized spacial score (nSPS) is 15.1.